The van der Waals surface area contributed by atoms with E-state index in [1.807, 2.05) is 0 Å². The van der Waals surface area contributed by atoms with E-state index in [0.717, 1.165) is 13.3 Å². The van der Waals surface area contributed by atoms with Crippen molar-refractivity contribution in [3.05, 3.63) is 24.5 Å². The number of hydrogen-bond donors (Lipinski definition) is 1. The van der Waals surface area contributed by atoms with E-state index in [1.54, 1.807) is 12.1 Å². The number of nitrogens with zero attached hydrogens (tertiary/aromatic N) is 2. The molecule has 2 aromatic rings. The number of anilines is 1. The largest absolute Gasteiger partial charge is 0.464 e. The zero-order valence-electron chi connectivity index (χ0n) is 9.40. The average Bonchev–Trinajstić information content (AvgIpc) is 2.27. The summed E-state index contributed by atoms with van der Waals surface area (Å²) in [5.41, 5.74) is 6.47. The molecule has 1 unspecified atom stereocenters. The number of alkyl halides is 3. The molecule has 1 atom stereocenters. The van der Waals surface area contributed by atoms with Crippen LogP contribution < -0.4 is 10.5 Å². The molecule has 2 N–H and O–H groups in total. The van der Waals surface area contributed by atoms with Crippen molar-refractivity contribution in [2.24, 2.45) is 0 Å². The summed E-state index contributed by atoms with van der Waals surface area (Å²) in [6.07, 6.45) is -5.24. The van der Waals surface area contributed by atoms with Gasteiger partial charge in [0.2, 0.25) is 5.88 Å². The van der Waals surface area contributed by atoms with Crippen LogP contribution in [0.3, 0.4) is 0 Å². The van der Waals surface area contributed by atoms with Gasteiger partial charge in [0.1, 0.15) is 6.33 Å². The highest BCUT2D eigenvalue weighted by atomic mass is 19.4. The fraction of sp³-hybridized carbons (Fsp3) is 0.273. The summed E-state index contributed by atoms with van der Waals surface area (Å²) < 4.78 is 42.0. The monoisotopic (exact) mass is 257 g/mol. The third-order valence-electron chi connectivity index (χ3n) is 2.37. The van der Waals surface area contributed by atoms with Gasteiger partial charge in [-0.1, -0.05) is 0 Å². The van der Waals surface area contributed by atoms with E-state index < -0.39 is 12.3 Å². The predicted octanol–water partition coefficient (Wildman–Crippen LogP) is 2.54. The molecular formula is C11H10F3N3O. The predicted molar refractivity (Wildman–Crippen MR) is 60.1 cm³/mol. The maximum Gasteiger partial charge on any atom is 0.425 e. The van der Waals surface area contributed by atoms with Gasteiger partial charge in [-0.3, -0.25) is 0 Å². The van der Waals surface area contributed by atoms with Crippen LogP contribution in [0.5, 0.6) is 5.88 Å². The molecule has 1 aromatic heterocycles. The third-order valence-corrected chi connectivity index (χ3v) is 2.37. The van der Waals surface area contributed by atoms with Crippen molar-refractivity contribution in [2.75, 3.05) is 5.73 Å². The van der Waals surface area contributed by atoms with Crippen LogP contribution in [0.25, 0.3) is 10.9 Å². The summed E-state index contributed by atoms with van der Waals surface area (Å²) in [6.45, 7) is 0.922. The normalized spacial score (nSPS) is 13.6. The van der Waals surface area contributed by atoms with Gasteiger partial charge in [0.05, 0.1) is 10.9 Å². The molecule has 2 rings (SSSR count). The number of halogens is 3. The molecule has 0 amide bonds. The molecule has 0 saturated heterocycles. The Bertz CT molecular complexity index is 571. The molecule has 7 heteroatoms. The van der Waals surface area contributed by atoms with E-state index >= 15 is 0 Å². The van der Waals surface area contributed by atoms with Crippen molar-refractivity contribution in [1.29, 1.82) is 0 Å². The highest BCUT2D eigenvalue weighted by Gasteiger charge is 2.38. The average molecular weight is 257 g/mol. The molecule has 0 aliphatic rings. The zero-order valence-corrected chi connectivity index (χ0v) is 9.40. The topological polar surface area (TPSA) is 61.0 Å². The first-order chi connectivity index (χ1) is 8.38. The molecule has 0 aliphatic heterocycles. The molecule has 4 nitrogen and oxygen atoms in total. The Labute approximate surface area is 101 Å². The minimum atomic E-state index is -4.44. The Morgan fingerprint density at radius 2 is 2.00 bits per heavy atom. The van der Waals surface area contributed by atoms with E-state index in [0.29, 0.717) is 16.6 Å². The van der Waals surface area contributed by atoms with E-state index in [1.165, 1.54) is 6.07 Å². The van der Waals surface area contributed by atoms with Crippen molar-refractivity contribution < 1.29 is 17.9 Å². The lowest BCUT2D eigenvalue weighted by molar-refractivity contribution is -0.189. The standard InChI is InChI=1S/C11H10F3N3O/c1-6(11(12,13)14)18-10-8-3-2-7(15)4-9(8)16-5-17-10/h2-6H,15H2,1H3. The fourth-order valence-corrected chi connectivity index (χ4v) is 1.38. The lowest BCUT2D eigenvalue weighted by Gasteiger charge is -2.17. The van der Waals surface area contributed by atoms with Gasteiger partial charge in [-0.15, -0.1) is 0 Å². The summed E-state index contributed by atoms with van der Waals surface area (Å²) in [4.78, 5) is 7.64. The maximum absolute atomic E-state index is 12.4. The molecule has 96 valence electrons. The smallest absolute Gasteiger partial charge is 0.425 e. The van der Waals surface area contributed by atoms with Crippen LogP contribution in [0.4, 0.5) is 18.9 Å². The quantitative estimate of drug-likeness (QED) is 0.840. The van der Waals surface area contributed by atoms with Gasteiger partial charge in [-0.05, 0) is 25.1 Å². The van der Waals surface area contributed by atoms with E-state index in [2.05, 4.69) is 9.97 Å². The molecule has 1 aromatic carbocycles. The number of hydrogen-bond acceptors (Lipinski definition) is 4. The number of rotatable bonds is 2. The van der Waals surface area contributed by atoms with Crippen molar-refractivity contribution in [2.45, 2.75) is 19.2 Å². The minimum Gasteiger partial charge on any atom is -0.464 e. The number of nitrogens with two attached hydrogens (primary N) is 1. The van der Waals surface area contributed by atoms with Crippen LogP contribution >= 0.6 is 0 Å². The van der Waals surface area contributed by atoms with Gasteiger partial charge < -0.3 is 10.5 Å². The number of aromatic nitrogens is 2. The molecular weight excluding hydrogens is 247 g/mol. The Kier molecular flexibility index (Phi) is 2.98. The van der Waals surface area contributed by atoms with Crippen LogP contribution in [0.1, 0.15) is 6.92 Å². The second kappa shape index (κ2) is 4.32. The van der Waals surface area contributed by atoms with E-state index in [4.69, 9.17) is 10.5 Å². The van der Waals surface area contributed by atoms with Crippen molar-refractivity contribution in [3.8, 4) is 5.88 Å². The maximum atomic E-state index is 12.4. The molecule has 0 bridgehead atoms. The minimum absolute atomic E-state index is 0.107. The molecule has 1 heterocycles. The van der Waals surface area contributed by atoms with Crippen molar-refractivity contribution >= 4 is 16.6 Å². The first-order valence-electron chi connectivity index (χ1n) is 5.11. The molecule has 18 heavy (non-hydrogen) atoms. The molecule has 0 radical (unpaired) electrons. The molecule has 0 spiro atoms. The summed E-state index contributed by atoms with van der Waals surface area (Å²) in [6, 6.07) is 4.63. The lowest BCUT2D eigenvalue weighted by Crippen LogP contribution is -2.31. The Balaban J connectivity index is 2.40. The highest BCUT2D eigenvalue weighted by Crippen LogP contribution is 2.28. The van der Waals surface area contributed by atoms with Crippen LogP contribution in [0.2, 0.25) is 0 Å². The molecule has 0 fully saturated rings. The van der Waals surface area contributed by atoms with Crippen molar-refractivity contribution in [1.82, 2.24) is 9.97 Å². The number of fused-ring (bicyclic) bond motifs is 1. The number of nitrogen functional groups attached to an aromatic ring is 1. The lowest BCUT2D eigenvalue weighted by atomic mass is 10.2. The third kappa shape index (κ3) is 2.44. The van der Waals surface area contributed by atoms with Gasteiger partial charge >= 0.3 is 6.18 Å². The summed E-state index contributed by atoms with van der Waals surface area (Å²) in [5, 5.41) is 0.391. The summed E-state index contributed by atoms with van der Waals surface area (Å²) in [7, 11) is 0. The second-order valence-electron chi connectivity index (χ2n) is 3.76. The van der Waals surface area contributed by atoms with Gasteiger partial charge in [-0.2, -0.15) is 13.2 Å². The van der Waals surface area contributed by atoms with Crippen LogP contribution in [0, 0.1) is 0 Å². The molecule has 0 aliphatic carbocycles. The Morgan fingerprint density at radius 3 is 2.67 bits per heavy atom. The first-order valence-corrected chi connectivity index (χ1v) is 5.11. The fourth-order valence-electron chi connectivity index (χ4n) is 1.38. The van der Waals surface area contributed by atoms with Crippen LogP contribution in [-0.2, 0) is 0 Å². The Hall–Kier alpha value is -2.05. The summed E-state index contributed by atoms with van der Waals surface area (Å²) >= 11 is 0. The first kappa shape index (κ1) is 12.4. The Morgan fingerprint density at radius 1 is 1.28 bits per heavy atom. The SMILES string of the molecule is CC(Oc1ncnc2cc(N)ccc12)C(F)(F)F. The second-order valence-corrected chi connectivity index (χ2v) is 3.76. The van der Waals surface area contributed by atoms with E-state index in [-0.39, 0.29) is 5.88 Å². The van der Waals surface area contributed by atoms with Crippen LogP contribution in [-0.4, -0.2) is 22.2 Å². The van der Waals surface area contributed by atoms with Crippen molar-refractivity contribution in [3.63, 3.8) is 0 Å². The highest BCUT2D eigenvalue weighted by molar-refractivity contribution is 5.85. The summed E-state index contributed by atoms with van der Waals surface area (Å²) in [5.74, 6) is -0.107. The van der Waals surface area contributed by atoms with E-state index in [9.17, 15) is 13.2 Å². The number of benzene rings is 1. The molecule has 0 saturated carbocycles. The van der Waals surface area contributed by atoms with Gasteiger partial charge in [0.25, 0.3) is 0 Å². The number of ether oxygens (including phenoxy) is 1. The van der Waals surface area contributed by atoms with Gasteiger partial charge in [0.15, 0.2) is 6.10 Å². The zero-order chi connectivity index (χ0) is 13.3. The van der Waals surface area contributed by atoms with Gasteiger partial charge in [-0.25, -0.2) is 9.97 Å². The van der Waals surface area contributed by atoms with Gasteiger partial charge in [0, 0.05) is 5.69 Å². The van der Waals surface area contributed by atoms with Crippen LogP contribution in [0.15, 0.2) is 24.5 Å².